The molecule has 2 unspecified atom stereocenters. The van der Waals surface area contributed by atoms with Crippen LogP contribution in [0.2, 0.25) is 18.1 Å². The second-order valence-corrected chi connectivity index (χ2v) is 14.8. The zero-order chi connectivity index (χ0) is 20.1. The third-order valence-corrected chi connectivity index (χ3v) is 10.1. The number of aliphatic hydroxyl groups is 1. The zero-order valence-electron chi connectivity index (χ0n) is 17.3. The molecule has 2 saturated heterocycles. The van der Waals surface area contributed by atoms with Crippen LogP contribution in [0.25, 0.3) is 0 Å². The Bertz CT molecular complexity index is 568. The molecule has 0 aromatic heterocycles. The summed E-state index contributed by atoms with van der Waals surface area (Å²) in [5.41, 5.74) is -0.359. The summed E-state index contributed by atoms with van der Waals surface area (Å²) in [6.07, 6.45) is 0. The van der Waals surface area contributed by atoms with Gasteiger partial charge in [-0.2, -0.15) is 0 Å². The van der Waals surface area contributed by atoms with E-state index in [0.29, 0.717) is 6.61 Å². The minimum Gasteiger partial charge on any atom is -0.415 e. The third kappa shape index (κ3) is 4.29. The molecule has 8 heteroatoms. The van der Waals surface area contributed by atoms with Crippen LogP contribution in [0.15, 0.2) is 0 Å². The predicted molar refractivity (Wildman–Crippen MR) is 103 cm³/mol. The Labute approximate surface area is 158 Å². The van der Waals surface area contributed by atoms with Gasteiger partial charge in [-0.1, -0.05) is 20.8 Å². The molecule has 0 spiro atoms. The lowest BCUT2D eigenvalue weighted by Crippen LogP contribution is -2.62. The van der Waals surface area contributed by atoms with Gasteiger partial charge in [0.05, 0.1) is 25.3 Å². The molecule has 2 aliphatic rings. The van der Waals surface area contributed by atoms with Crippen LogP contribution in [0, 0.1) is 0 Å². The Morgan fingerprint density at radius 1 is 1.27 bits per heavy atom. The van der Waals surface area contributed by atoms with E-state index in [9.17, 15) is 14.7 Å². The molecule has 2 rings (SSSR count). The molecule has 3 N–H and O–H groups in total. The van der Waals surface area contributed by atoms with Crippen LogP contribution in [0.3, 0.4) is 0 Å². The van der Waals surface area contributed by atoms with Crippen molar-refractivity contribution in [1.29, 1.82) is 0 Å². The number of aliphatic hydroxyl groups excluding tert-OH is 1. The van der Waals surface area contributed by atoms with Crippen molar-refractivity contribution in [2.45, 2.75) is 89.4 Å². The van der Waals surface area contributed by atoms with Gasteiger partial charge in [-0.05, 0) is 38.9 Å². The second-order valence-electron chi connectivity index (χ2n) is 9.99. The van der Waals surface area contributed by atoms with Crippen LogP contribution >= 0.6 is 0 Å². The number of fused-ring (bicyclic) bond motifs is 1. The van der Waals surface area contributed by atoms with Crippen LogP contribution < -0.4 is 10.6 Å². The summed E-state index contributed by atoms with van der Waals surface area (Å²) in [5, 5.41) is 15.6. The maximum absolute atomic E-state index is 12.7. The van der Waals surface area contributed by atoms with E-state index in [1.807, 2.05) is 20.8 Å². The van der Waals surface area contributed by atoms with Crippen molar-refractivity contribution in [2.24, 2.45) is 0 Å². The summed E-state index contributed by atoms with van der Waals surface area (Å²) in [6.45, 7) is 16.8. The van der Waals surface area contributed by atoms with Crippen molar-refractivity contribution < 1.29 is 19.1 Å². The predicted octanol–water partition coefficient (Wildman–Crippen LogP) is 0.835. The Balaban J connectivity index is 2.11. The van der Waals surface area contributed by atoms with E-state index in [4.69, 9.17) is 4.43 Å². The first kappa shape index (κ1) is 21.3. The lowest BCUT2D eigenvalue weighted by Gasteiger charge is -2.36. The van der Waals surface area contributed by atoms with Gasteiger partial charge in [0, 0.05) is 5.54 Å². The lowest BCUT2D eigenvalue weighted by molar-refractivity contribution is -0.134. The van der Waals surface area contributed by atoms with Gasteiger partial charge in [-0.3, -0.25) is 14.9 Å². The summed E-state index contributed by atoms with van der Waals surface area (Å²) in [5.74, 6) is -0.297. The molecule has 2 aliphatic heterocycles. The van der Waals surface area contributed by atoms with Gasteiger partial charge in [0.15, 0.2) is 8.32 Å². The van der Waals surface area contributed by atoms with Crippen molar-refractivity contribution in [3.05, 3.63) is 0 Å². The monoisotopic (exact) mass is 385 g/mol. The van der Waals surface area contributed by atoms with E-state index < -0.39 is 20.4 Å². The highest BCUT2D eigenvalue weighted by Gasteiger charge is 2.62. The number of nitrogens with zero attached hydrogens (tertiary/aromatic N) is 1. The van der Waals surface area contributed by atoms with Crippen LogP contribution in [0.4, 0.5) is 0 Å². The quantitative estimate of drug-likeness (QED) is 0.482. The topological polar surface area (TPSA) is 90.7 Å². The van der Waals surface area contributed by atoms with Crippen LogP contribution in [-0.2, 0) is 14.0 Å². The van der Waals surface area contributed by atoms with Crippen molar-refractivity contribution in [2.75, 3.05) is 13.2 Å². The Hall–Kier alpha value is -0.963. The van der Waals surface area contributed by atoms with Gasteiger partial charge < -0.3 is 19.7 Å². The Kier molecular flexibility index (Phi) is 5.65. The van der Waals surface area contributed by atoms with Gasteiger partial charge in [-0.15, -0.1) is 0 Å². The largest absolute Gasteiger partial charge is 0.415 e. The fraction of sp³-hybridized carbons (Fsp3) is 0.889. The van der Waals surface area contributed by atoms with Gasteiger partial charge in [0.25, 0.3) is 0 Å². The zero-order valence-corrected chi connectivity index (χ0v) is 18.3. The fourth-order valence-electron chi connectivity index (χ4n) is 3.06. The number of carbonyl (C=O) groups excluding carboxylic acids is 2. The highest BCUT2D eigenvalue weighted by Crippen LogP contribution is 2.40. The average molecular weight is 386 g/mol. The minimum absolute atomic E-state index is 0.0846. The van der Waals surface area contributed by atoms with E-state index in [1.165, 1.54) is 0 Å². The van der Waals surface area contributed by atoms with Gasteiger partial charge in [0.2, 0.25) is 11.8 Å². The molecule has 0 aromatic carbocycles. The molecule has 0 aromatic rings. The van der Waals surface area contributed by atoms with Crippen molar-refractivity contribution in [3.63, 3.8) is 0 Å². The third-order valence-electron chi connectivity index (χ3n) is 5.64. The van der Waals surface area contributed by atoms with Gasteiger partial charge >= 0.3 is 0 Å². The Morgan fingerprint density at radius 2 is 1.85 bits per heavy atom. The number of hydrogen-bond donors (Lipinski definition) is 3. The fourth-order valence-corrected chi connectivity index (χ4v) is 4.08. The molecule has 0 bridgehead atoms. The molecule has 2 amide bonds. The van der Waals surface area contributed by atoms with E-state index in [-0.39, 0.29) is 41.1 Å². The SMILES string of the molecule is CC(C)(C)NC(=O)C1NC(CO)C(=O)N2[C@H](CO[Si](C)(C)C(C)(C)C)[C@@H]12. The molecular weight excluding hydrogens is 350 g/mol. The first-order valence-electron chi connectivity index (χ1n) is 9.35. The van der Waals surface area contributed by atoms with E-state index in [2.05, 4.69) is 44.5 Å². The van der Waals surface area contributed by atoms with Gasteiger partial charge in [0.1, 0.15) is 12.1 Å². The number of hydrogen-bond acceptors (Lipinski definition) is 5. The highest BCUT2D eigenvalue weighted by molar-refractivity contribution is 6.74. The maximum Gasteiger partial charge on any atom is 0.242 e. The number of nitrogens with one attached hydrogen (secondary N) is 2. The molecule has 4 atom stereocenters. The second kappa shape index (κ2) is 6.89. The maximum atomic E-state index is 12.7. The summed E-state index contributed by atoms with van der Waals surface area (Å²) >= 11 is 0. The molecule has 26 heavy (non-hydrogen) atoms. The molecule has 0 radical (unpaired) electrons. The minimum atomic E-state index is -1.94. The molecule has 150 valence electrons. The highest BCUT2D eigenvalue weighted by atomic mass is 28.4. The van der Waals surface area contributed by atoms with Crippen molar-refractivity contribution in [1.82, 2.24) is 15.5 Å². The molecule has 0 saturated carbocycles. The normalized spacial score (nSPS) is 29.4. The van der Waals surface area contributed by atoms with Gasteiger partial charge in [-0.25, -0.2) is 0 Å². The van der Waals surface area contributed by atoms with Crippen LogP contribution in [0.1, 0.15) is 41.5 Å². The number of piperazine rings is 1. The first-order chi connectivity index (χ1) is 11.7. The smallest absolute Gasteiger partial charge is 0.242 e. The molecule has 0 aliphatic carbocycles. The van der Waals surface area contributed by atoms with E-state index in [0.717, 1.165) is 0 Å². The van der Waals surface area contributed by atoms with E-state index >= 15 is 0 Å². The number of carbonyl (C=O) groups is 2. The molecule has 7 nitrogen and oxygen atoms in total. The lowest BCUT2D eigenvalue weighted by atomic mass is 10.0. The van der Waals surface area contributed by atoms with E-state index in [1.54, 1.807) is 4.90 Å². The first-order valence-corrected chi connectivity index (χ1v) is 12.3. The number of rotatable bonds is 5. The Morgan fingerprint density at radius 3 is 2.31 bits per heavy atom. The average Bonchev–Trinajstić information content (AvgIpc) is 3.17. The number of amides is 2. The van der Waals surface area contributed by atoms with Crippen LogP contribution in [-0.4, -0.2) is 73.1 Å². The van der Waals surface area contributed by atoms with Crippen molar-refractivity contribution >= 4 is 20.1 Å². The molecule has 2 fully saturated rings. The summed E-state index contributed by atoms with van der Waals surface area (Å²) in [6, 6.07) is -1.59. The standard InChI is InChI=1S/C18H35N3O4Si/c1-17(2,3)20-15(23)13-14-12(10-25-26(7,8)18(4,5)6)21(14)16(24)11(9-22)19-13/h11-14,19,22H,9-10H2,1-8H3,(H,20,23)/t11?,12-,13?,14+,21?/m1/s1. The van der Waals surface area contributed by atoms with Crippen LogP contribution in [0.5, 0.6) is 0 Å². The molecule has 2 heterocycles. The summed E-state index contributed by atoms with van der Waals surface area (Å²) < 4.78 is 6.28. The molecular formula is C18H35N3O4Si. The van der Waals surface area contributed by atoms with Crippen molar-refractivity contribution in [3.8, 4) is 0 Å². The summed E-state index contributed by atoms with van der Waals surface area (Å²) in [4.78, 5) is 26.9. The summed E-state index contributed by atoms with van der Waals surface area (Å²) in [7, 11) is -1.94.